The standard InChI is InChI=1S/C12H10F3N3O2/c1-8(18-7-6-16-17-18)11(19)9-2-4-10(5-3-9)20-12(13,14)15/h2-8H,1H3. The molecule has 0 fully saturated rings. The van der Waals surface area contributed by atoms with Gasteiger partial charge >= 0.3 is 6.36 Å². The molecule has 20 heavy (non-hydrogen) atoms. The van der Waals surface area contributed by atoms with Crippen LogP contribution < -0.4 is 4.74 Å². The minimum atomic E-state index is -4.75. The Morgan fingerprint density at radius 1 is 1.30 bits per heavy atom. The third-order valence-corrected chi connectivity index (χ3v) is 2.59. The number of alkyl halides is 3. The van der Waals surface area contributed by atoms with Crippen molar-refractivity contribution in [2.24, 2.45) is 0 Å². The summed E-state index contributed by atoms with van der Waals surface area (Å²) in [6, 6.07) is 4.14. The minimum Gasteiger partial charge on any atom is -0.406 e. The van der Waals surface area contributed by atoms with Gasteiger partial charge in [0.25, 0.3) is 0 Å². The van der Waals surface area contributed by atoms with Gasteiger partial charge in [-0.15, -0.1) is 18.3 Å². The van der Waals surface area contributed by atoms with E-state index in [0.29, 0.717) is 0 Å². The number of ketones is 1. The molecule has 1 aromatic carbocycles. The summed E-state index contributed by atoms with van der Waals surface area (Å²) in [5.41, 5.74) is 0.266. The van der Waals surface area contributed by atoms with E-state index in [-0.39, 0.29) is 17.1 Å². The molecule has 5 nitrogen and oxygen atoms in total. The van der Waals surface area contributed by atoms with Crippen LogP contribution in [0.1, 0.15) is 23.3 Å². The normalized spacial score (nSPS) is 13.0. The lowest BCUT2D eigenvalue weighted by molar-refractivity contribution is -0.274. The summed E-state index contributed by atoms with van der Waals surface area (Å²) in [4.78, 5) is 12.1. The summed E-state index contributed by atoms with van der Waals surface area (Å²) in [5, 5.41) is 7.29. The molecule has 1 unspecified atom stereocenters. The Kier molecular flexibility index (Phi) is 3.73. The van der Waals surface area contributed by atoms with E-state index in [9.17, 15) is 18.0 Å². The van der Waals surface area contributed by atoms with Crippen LogP contribution in [0, 0.1) is 0 Å². The first-order valence-electron chi connectivity index (χ1n) is 5.62. The fourth-order valence-electron chi connectivity index (χ4n) is 1.61. The highest BCUT2D eigenvalue weighted by molar-refractivity contribution is 5.98. The zero-order valence-electron chi connectivity index (χ0n) is 10.3. The van der Waals surface area contributed by atoms with Crippen molar-refractivity contribution in [3.8, 4) is 5.75 Å². The van der Waals surface area contributed by atoms with Crippen LogP contribution in [0.15, 0.2) is 36.7 Å². The average molecular weight is 285 g/mol. The summed E-state index contributed by atoms with van der Waals surface area (Å²) < 4.78 is 41.1. The van der Waals surface area contributed by atoms with Gasteiger partial charge in [-0.05, 0) is 31.2 Å². The molecule has 0 radical (unpaired) electrons. The quantitative estimate of drug-likeness (QED) is 0.810. The van der Waals surface area contributed by atoms with E-state index < -0.39 is 12.4 Å². The molecule has 0 amide bonds. The first-order valence-corrected chi connectivity index (χ1v) is 5.62. The number of hydrogen-bond acceptors (Lipinski definition) is 4. The molecule has 0 saturated heterocycles. The molecular weight excluding hydrogens is 275 g/mol. The molecule has 0 N–H and O–H groups in total. The minimum absolute atomic E-state index is 0.266. The van der Waals surface area contributed by atoms with Crippen LogP contribution in [0.2, 0.25) is 0 Å². The molecule has 0 aliphatic rings. The van der Waals surface area contributed by atoms with E-state index in [1.807, 2.05) is 0 Å². The van der Waals surface area contributed by atoms with Gasteiger partial charge in [-0.2, -0.15) is 0 Å². The van der Waals surface area contributed by atoms with Crippen molar-refractivity contribution in [1.29, 1.82) is 0 Å². The second kappa shape index (κ2) is 5.32. The van der Waals surface area contributed by atoms with Crippen LogP contribution in [-0.4, -0.2) is 27.1 Å². The number of hydrogen-bond donors (Lipinski definition) is 0. The lowest BCUT2D eigenvalue weighted by Gasteiger charge is -2.11. The van der Waals surface area contributed by atoms with Crippen molar-refractivity contribution in [3.05, 3.63) is 42.2 Å². The zero-order chi connectivity index (χ0) is 14.8. The molecule has 0 aliphatic heterocycles. The number of aromatic nitrogens is 3. The zero-order valence-corrected chi connectivity index (χ0v) is 10.3. The van der Waals surface area contributed by atoms with E-state index in [1.165, 1.54) is 29.2 Å². The molecular formula is C12H10F3N3O2. The van der Waals surface area contributed by atoms with Crippen LogP contribution in [-0.2, 0) is 0 Å². The van der Waals surface area contributed by atoms with Gasteiger partial charge in [0.15, 0.2) is 5.78 Å². The Balaban J connectivity index is 2.12. The second-order valence-electron chi connectivity index (χ2n) is 4.00. The molecule has 0 spiro atoms. The van der Waals surface area contributed by atoms with Crippen LogP contribution in [0.5, 0.6) is 5.75 Å². The lowest BCUT2D eigenvalue weighted by Crippen LogP contribution is -2.18. The third kappa shape index (κ3) is 3.34. The Bertz CT molecular complexity index is 579. The van der Waals surface area contributed by atoms with Crippen molar-refractivity contribution in [2.75, 3.05) is 0 Å². The van der Waals surface area contributed by atoms with Crippen LogP contribution in [0.4, 0.5) is 13.2 Å². The monoisotopic (exact) mass is 285 g/mol. The topological polar surface area (TPSA) is 57.0 Å². The predicted octanol–water partition coefficient (Wildman–Crippen LogP) is 2.62. The molecule has 0 bridgehead atoms. The number of ether oxygens (including phenoxy) is 1. The number of benzene rings is 1. The lowest BCUT2D eigenvalue weighted by atomic mass is 10.1. The fraction of sp³-hybridized carbons (Fsp3) is 0.250. The molecule has 2 rings (SSSR count). The highest BCUT2D eigenvalue weighted by Crippen LogP contribution is 2.23. The average Bonchev–Trinajstić information content (AvgIpc) is 2.90. The van der Waals surface area contributed by atoms with Crippen LogP contribution in [0.3, 0.4) is 0 Å². The summed E-state index contributed by atoms with van der Waals surface area (Å²) in [6.07, 6.45) is -1.78. The van der Waals surface area contributed by atoms with Gasteiger partial charge in [0.1, 0.15) is 11.8 Å². The molecule has 2 aromatic rings. The molecule has 1 atom stereocenters. The van der Waals surface area contributed by atoms with Gasteiger partial charge in [0.2, 0.25) is 0 Å². The number of Topliss-reactive ketones (excluding diaryl/α,β-unsaturated/α-hetero) is 1. The maximum Gasteiger partial charge on any atom is 0.573 e. The summed E-state index contributed by atoms with van der Waals surface area (Å²) in [7, 11) is 0. The SMILES string of the molecule is CC(C(=O)c1ccc(OC(F)(F)F)cc1)n1ccnn1. The first-order chi connectivity index (χ1) is 9.37. The van der Waals surface area contributed by atoms with Gasteiger partial charge in [-0.3, -0.25) is 4.79 Å². The molecule has 8 heteroatoms. The Labute approximate surface area is 112 Å². The van der Waals surface area contributed by atoms with Crippen molar-refractivity contribution in [3.63, 3.8) is 0 Å². The molecule has 106 valence electrons. The summed E-state index contributed by atoms with van der Waals surface area (Å²) >= 11 is 0. The molecule has 1 heterocycles. The van der Waals surface area contributed by atoms with E-state index in [4.69, 9.17) is 0 Å². The summed E-state index contributed by atoms with van der Waals surface area (Å²) in [6.45, 7) is 1.62. The Morgan fingerprint density at radius 3 is 2.45 bits per heavy atom. The van der Waals surface area contributed by atoms with Crippen molar-refractivity contribution >= 4 is 5.78 Å². The van der Waals surface area contributed by atoms with Crippen LogP contribution >= 0.6 is 0 Å². The smallest absolute Gasteiger partial charge is 0.406 e. The second-order valence-corrected chi connectivity index (χ2v) is 4.00. The highest BCUT2D eigenvalue weighted by Gasteiger charge is 2.31. The number of carbonyl (C=O) groups excluding carboxylic acids is 1. The molecule has 0 saturated carbocycles. The first kappa shape index (κ1) is 14.0. The van der Waals surface area contributed by atoms with Crippen molar-refractivity contribution < 1.29 is 22.7 Å². The predicted molar refractivity (Wildman–Crippen MR) is 62.2 cm³/mol. The van der Waals surface area contributed by atoms with Crippen molar-refractivity contribution in [1.82, 2.24) is 15.0 Å². The van der Waals surface area contributed by atoms with Gasteiger partial charge < -0.3 is 4.74 Å². The molecule has 1 aromatic heterocycles. The largest absolute Gasteiger partial charge is 0.573 e. The maximum absolute atomic E-state index is 12.1. The van der Waals surface area contributed by atoms with Gasteiger partial charge in [-0.25, -0.2) is 4.68 Å². The van der Waals surface area contributed by atoms with Gasteiger partial charge in [0.05, 0.1) is 6.20 Å². The Morgan fingerprint density at radius 2 is 1.95 bits per heavy atom. The fourth-order valence-corrected chi connectivity index (χ4v) is 1.61. The number of rotatable bonds is 4. The maximum atomic E-state index is 12.1. The number of nitrogens with zero attached hydrogens (tertiary/aromatic N) is 3. The van der Waals surface area contributed by atoms with E-state index in [2.05, 4.69) is 15.0 Å². The van der Waals surface area contributed by atoms with Gasteiger partial charge in [0, 0.05) is 11.8 Å². The van der Waals surface area contributed by atoms with Crippen molar-refractivity contribution in [2.45, 2.75) is 19.3 Å². The summed E-state index contributed by atoms with van der Waals surface area (Å²) in [5.74, 6) is -0.656. The van der Waals surface area contributed by atoms with Crippen LogP contribution in [0.25, 0.3) is 0 Å². The van der Waals surface area contributed by atoms with Gasteiger partial charge in [-0.1, -0.05) is 5.21 Å². The Hall–Kier alpha value is -2.38. The number of halogens is 3. The van der Waals surface area contributed by atoms with E-state index >= 15 is 0 Å². The van der Waals surface area contributed by atoms with E-state index in [0.717, 1.165) is 12.1 Å². The molecule has 0 aliphatic carbocycles. The highest BCUT2D eigenvalue weighted by atomic mass is 19.4. The third-order valence-electron chi connectivity index (χ3n) is 2.59. The van der Waals surface area contributed by atoms with E-state index in [1.54, 1.807) is 6.92 Å². The number of carbonyl (C=O) groups is 1.